The van der Waals surface area contributed by atoms with Gasteiger partial charge in [-0.25, -0.2) is 4.98 Å². The number of nitrogens with one attached hydrogen (secondary N) is 1. The monoisotopic (exact) mass is 384 g/mol. The SMILES string of the molecule is COc1cc(/C=C\C(=O)Nc2nc(-c3ccco3)cs2)ccc1OC(C)C. The van der Waals surface area contributed by atoms with Crippen molar-refractivity contribution in [2.45, 2.75) is 20.0 Å². The Morgan fingerprint density at radius 1 is 1.30 bits per heavy atom. The van der Waals surface area contributed by atoms with Crippen LogP contribution in [0, 0.1) is 0 Å². The number of nitrogens with zero attached hydrogens (tertiary/aromatic N) is 1. The number of hydrogen-bond donors (Lipinski definition) is 1. The van der Waals surface area contributed by atoms with Gasteiger partial charge in [0.25, 0.3) is 0 Å². The topological polar surface area (TPSA) is 73.6 Å². The van der Waals surface area contributed by atoms with Crippen LogP contribution in [0.3, 0.4) is 0 Å². The molecule has 0 bridgehead atoms. The van der Waals surface area contributed by atoms with Crippen molar-refractivity contribution < 1.29 is 18.7 Å². The van der Waals surface area contributed by atoms with Crippen LogP contribution in [0.4, 0.5) is 5.13 Å². The van der Waals surface area contributed by atoms with E-state index in [-0.39, 0.29) is 12.0 Å². The highest BCUT2D eigenvalue weighted by Crippen LogP contribution is 2.29. The van der Waals surface area contributed by atoms with Gasteiger partial charge in [-0.2, -0.15) is 0 Å². The first-order chi connectivity index (χ1) is 13.0. The number of methoxy groups -OCH3 is 1. The Balaban J connectivity index is 1.64. The second-order valence-corrected chi connectivity index (χ2v) is 6.77. The predicted octanol–water partition coefficient (Wildman–Crippen LogP) is 4.85. The van der Waals surface area contributed by atoms with Gasteiger partial charge >= 0.3 is 0 Å². The van der Waals surface area contributed by atoms with Crippen LogP contribution >= 0.6 is 11.3 Å². The Labute approximate surface area is 161 Å². The van der Waals surface area contributed by atoms with Crippen molar-refractivity contribution in [1.29, 1.82) is 0 Å². The summed E-state index contributed by atoms with van der Waals surface area (Å²) >= 11 is 1.34. The minimum absolute atomic E-state index is 0.0513. The average Bonchev–Trinajstić information content (AvgIpc) is 3.32. The molecule has 27 heavy (non-hydrogen) atoms. The number of hydrogen-bond acceptors (Lipinski definition) is 6. The molecule has 6 nitrogen and oxygen atoms in total. The zero-order chi connectivity index (χ0) is 19.2. The van der Waals surface area contributed by atoms with Crippen LogP contribution < -0.4 is 14.8 Å². The number of furan rings is 1. The maximum Gasteiger partial charge on any atom is 0.250 e. The molecule has 2 aromatic heterocycles. The van der Waals surface area contributed by atoms with Crippen molar-refractivity contribution in [1.82, 2.24) is 4.98 Å². The fourth-order valence-corrected chi connectivity index (χ4v) is 3.03. The third-order valence-electron chi connectivity index (χ3n) is 3.49. The normalized spacial score (nSPS) is 11.1. The van der Waals surface area contributed by atoms with E-state index in [1.165, 1.54) is 17.4 Å². The van der Waals surface area contributed by atoms with Crippen LogP contribution in [0.25, 0.3) is 17.5 Å². The quantitative estimate of drug-likeness (QED) is 0.590. The lowest BCUT2D eigenvalue weighted by atomic mass is 10.2. The second-order valence-electron chi connectivity index (χ2n) is 5.91. The summed E-state index contributed by atoms with van der Waals surface area (Å²) in [4.78, 5) is 16.5. The first kappa shape index (κ1) is 18.7. The molecule has 0 saturated heterocycles. The van der Waals surface area contributed by atoms with Gasteiger partial charge in [0.1, 0.15) is 5.69 Å². The first-order valence-corrected chi connectivity index (χ1v) is 9.26. The largest absolute Gasteiger partial charge is 0.493 e. The number of rotatable bonds is 7. The lowest BCUT2D eigenvalue weighted by Crippen LogP contribution is -2.07. The number of carbonyl (C=O) groups excluding carboxylic acids is 1. The molecule has 7 heteroatoms. The minimum Gasteiger partial charge on any atom is -0.493 e. The Hall–Kier alpha value is -3.06. The van der Waals surface area contributed by atoms with Gasteiger partial charge in [-0.05, 0) is 49.8 Å². The van der Waals surface area contributed by atoms with Crippen LogP contribution in [0.5, 0.6) is 11.5 Å². The van der Waals surface area contributed by atoms with Crippen molar-refractivity contribution in [3.05, 3.63) is 53.6 Å². The fourth-order valence-electron chi connectivity index (χ4n) is 2.33. The summed E-state index contributed by atoms with van der Waals surface area (Å²) in [7, 11) is 1.59. The van der Waals surface area contributed by atoms with Crippen molar-refractivity contribution in [3.8, 4) is 23.0 Å². The zero-order valence-corrected chi connectivity index (χ0v) is 16.1. The van der Waals surface area contributed by atoms with Crippen molar-refractivity contribution in [2.24, 2.45) is 0 Å². The molecule has 1 N–H and O–H groups in total. The molecule has 0 saturated carbocycles. The maximum absolute atomic E-state index is 12.1. The van der Waals surface area contributed by atoms with Gasteiger partial charge < -0.3 is 13.9 Å². The average molecular weight is 384 g/mol. The molecule has 0 aliphatic carbocycles. The number of carbonyl (C=O) groups is 1. The smallest absolute Gasteiger partial charge is 0.250 e. The van der Waals surface area contributed by atoms with Gasteiger partial charge in [-0.3, -0.25) is 10.1 Å². The number of ether oxygens (including phenoxy) is 2. The minimum atomic E-state index is -0.267. The molecular weight excluding hydrogens is 364 g/mol. The summed E-state index contributed by atoms with van der Waals surface area (Å²) in [5.41, 5.74) is 1.52. The highest BCUT2D eigenvalue weighted by Gasteiger charge is 2.09. The molecule has 3 rings (SSSR count). The lowest BCUT2D eigenvalue weighted by Gasteiger charge is -2.13. The van der Waals surface area contributed by atoms with Gasteiger partial charge in [-0.15, -0.1) is 11.3 Å². The zero-order valence-electron chi connectivity index (χ0n) is 15.3. The summed E-state index contributed by atoms with van der Waals surface area (Å²) in [6, 6.07) is 9.12. The summed E-state index contributed by atoms with van der Waals surface area (Å²) in [6.45, 7) is 3.90. The molecule has 0 spiro atoms. The predicted molar refractivity (Wildman–Crippen MR) is 106 cm³/mol. The molecule has 1 aromatic carbocycles. The van der Waals surface area contributed by atoms with E-state index in [1.54, 1.807) is 25.5 Å². The van der Waals surface area contributed by atoms with E-state index in [0.29, 0.717) is 28.1 Å². The van der Waals surface area contributed by atoms with E-state index < -0.39 is 0 Å². The summed E-state index contributed by atoms with van der Waals surface area (Å²) < 4.78 is 16.3. The number of anilines is 1. The summed E-state index contributed by atoms with van der Waals surface area (Å²) in [5, 5.41) is 5.08. The van der Waals surface area contributed by atoms with Gasteiger partial charge in [0.05, 0.1) is 19.5 Å². The summed E-state index contributed by atoms with van der Waals surface area (Å²) in [6.07, 6.45) is 4.79. The first-order valence-electron chi connectivity index (χ1n) is 8.38. The van der Waals surface area contributed by atoms with Gasteiger partial charge in [0.2, 0.25) is 5.91 Å². The molecule has 0 aliphatic rings. The van der Waals surface area contributed by atoms with E-state index in [4.69, 9.17) is 13.9 Å². The van der Waals surface area contributed by atoms with E-state index in [1.807, 2.05) is 43.5 Å². The Bertz CT molecular complexity index is 929. The highest BCUT2D eigenvalue weighted by atomic mass is 32.1. The molecule has 1 amide bonds. The molecule has 0 aliphatic heterocycles. The molecule has 140 valence electrons. The molecule has 0 fully saturated rings. The van der Waals surface area contributed by atoms with Gasteiger partial charge in [0.15, 0.2) is 22.4 Å². The molecule has 3 aromatic rings. The Kier molecular flexibility index (Phi) is 5.93. The van der Waals surface area contributed by atoms with E-state index >= 15 is 0 Å². The van der Waals surface area contributed by atoms with Gasteiger partial charge in [0, 0.05) is 11.5 Å². The van der Waals surface area contributed by atoms with E-state index in [2.05, 4.69) is 10.3 Å². The molecular formula is C20H20N2O4S. The van der Waals surface area contributed by atoms with Crippen LogP contribution in [-0.2, 0) is 4.79 Å². The number of benzene rings is 1. The third kappa shape index (κ3) is 4.98. The number of amides is 1. The van der Waals surface area contributed by atoms with Crippen LogP contribution in [-0.4, -0.2) is 24.1 Å². The lowest BCUT2D eigenvalue weighted by molar-refractivity contribution is -0.111. The second kappa shape index (κ2) is 8.55. The third-order valence-corrected chi connectivity index (χ3v) is 4.24. The highest BCUT2D eigenvalue weighted by molar-refractivity contribution is 7.14. The van der Waals surface area contributed by atoms with E-state index in [0.717, 1.165) is 5.56 Å². The van der Waals surface area contributed by atoms with Gasteiger partial charge in [-0.1, -0.05) is 6.07 Å². The van der Waals surface area contributed by atoms with Crippen molar-refractivity contribution in [2.75, 3.05) is 12.4 Å². The molecule has 0 atom stereocenters. The van der Waals surface area contributed by atoms with Crippen LogP contribution in [0.1, 0.15) is 19.4 Å². The molecule has 2 heterocycles. The Morgan fingerprint density at radius 2 is 2.15 bits per heavy atom. The van der Waals surface area contributed by atoms with Crippen molar-refractivity contribution >= 4 is 28.5 Å². The van der Waals surface area contributed by atoms with Crippen LogP contribution in [0.2, 0.25) is 0 Å². The number of thiazole rings is 1. The van der Waals surface area contributed by atoms with Crippen LogP contribution in [0.15, 0.2) is 52.5 Å². The summed E-state index contributed by atoms with van der Waals surface area (Å²) in [5.74, 6) is 1.69. The molecule has 0 unspecified atom stereocenters. The van der Waals surface area contributed by atoms with E-state index in [9.17, 15) is 4.79 Å². The maximum atomic E-state index is 12.1. The Morgan fingerprint density at radius 3 is 2.85 bits per heavy atom. The molecule has 0 radical (unpaired) electrons. The standard InChI is InChI=1S/C20H20N2O4S/c1-13(2)26-17-8-6-14(11-18(17)24-3)7-9-19(23)22-20-21-15(12-27-20)16-5-4-10-25-16/h4-13H,1-3H3,(H,21,22,23)/b9-7-. The van der Waals surface area contributed by atoms with Crippen molar-refractivity contribution in [3.63, 3.8) is 0 Å². The number of aromatic nitrogens is 1. The fraction of sp³-hybridized carbons (Fsp3) is 0.200.